The Morgan fingerprint density at radius 2 is 2.14 bits per heavy atom. The number of carbonyl (C=O) groups is 1. The number of benzene rings is 1. The highest BCUT2D eigenvalue weighted by molar-refractivity contribution is 6.04. The highest BCUT2D eigenvalue weighted by Crippen LogP contribution is 2.33. The normalized spacial score (nSPS) is 15.4. The Labute approximate surface area is 123 Å². The average molecular weight is 288 g/mol. The Balaban J connectivity index is 2.38. The number of fused-ring (bicyclic) bond motifs is 3. The Bertz CT molecular complexity index is 718. The number of aryl methyl sites for hydroxylation is 1. The van der Waals surface area contributed by atoms with Gasteiger partial charge < -0.3 is 19.7 Å². The number of rotatable bonds is 3. The molecule has 2 N–H and O–H groups in total. The first-order chi connectivity index (χ1) is 10.0. The summed E-state index contributed by atoms with van der Waals surface area (Å²) in [5, 5.41) is 19.9. The Morgan fingerprint density at radius 1 is 1.38 bits per heavy atom. The standard InChI is InChI=1S/C16H20N2O3/c1-10-7-11-13-9-17(2)4-3-14(13)18(5-6-19)15(11)12(8-10)16(20)21/h7-8,19H,3-6,9H2,1-2H3,(H,20,21). The van der Waals surface area contributed by atoms with Gasteiger partial charge in [0.05, 0.1) is 17.7 Å². The fourth-order valence-corrected chi connectivity index (χ4v) is 3.37. The predicted molar refractivity (Wildman–Crippen MR) is 80.8 cm³/mol. The van der Waals surface area contributed by atoms with Gasteiger partial charge in [0, 0.05) is 37.1 Å². The summed E-state index contributed by atoms with van der Waals surface area (Å²) in [6, 6.07) is 3.78. The van der Waals surface area contributed by atoms with Gasteiger partial charge in [-0.05, 0) is 37.2 Å². The zero-order valence-electron chi connectivity index (χ0n) is 12.4. The van der Waals surface area contributed by atoms with E-state index < -0.39 is 5.97 Å². The molecule has 0 saturated carbocycles. The van der Waals surface area contributed by atoms with Crippen molar-refractivity contribution in [2.45, 2.75) is 26.4 Å². The second-order valence-electron chi connectivity index (χ2n) is 5.80. The monoisotopic (exact) mass is 288 g/mol. The van der Waals surface area contributed by atoms with Crippen molar-refractivity contribution < 1.29 is 15.0 Å². The second kappa shape index (κ2) is 5.16. The van der Waals surface area contributed by atoms with E-state index >= 15 is 0 Å². The molecule has 0 unspecified atom stereocenters. The van der Waals surface area contributed by atoms with Crippen molar-refractivity contribution in [1.82, 2.24) is 9.47 Å². The molecule has 1 aromatic heterocycles. The molecular formula is C16H20N2O3. The summed E-state index contributed by atoms with van der Waals surface area (Å²) < 4.78 is 2.00. The van der Waals surface area contributed by atoms with Crippen molar-refractivity contribution in [2.75, 3.05) is 20.2 Å². The van der Waals surface area contributed by atoms with Gasteiger partial charge in [-0.3, -0.25) is 0 Å². The number of nitrogens with zero attached hydrogens (tertiary/aromatic N) is 2. The first kappa shape index (κ1) is 14.1. The third kappa shape index (κ3) is 2.22. The summed E-state index contributed by atoms with van der Waals surface area (Å²) in [6.45, 7) is 4.16. The SMILES string of the molecule is Cc1cc(C(=O)O)c2c(c1)c1c(n2CCO)CCN(C)C1. The summed E-state index contributed by atoms with van der Waals surface area (Å²) in [7, 11) is 2.08. The molecule has 21 heavy (non-hydrogen) atoms. The molecule has 5 heteroatoms. The van der Waals surface area contributed by atoms with Gasteiger partial charge in [-0.25, -0.2) is 4.79 Å². The molecule has 0 bridgehead atoms. The molecule has 0 aliphatic carbocycles. The number of carboxylic acid groups (broad SMARTS) is 1. The first-order valence-electron chi connectivity index (χ1n) is 7.20. The molecule has 0 atom stereocenters. The number of aromatic nitrogens is 1. The maximum Gasteiger partial charge on any atom is 0.337 e. The van der Waals surface area contributed by atoms with Gasteiger partial charge in [0.25, 0.3) is 0 Å². The van der Waals surface area contributed by atoms with E-state index in [1.807, 2.05) is 11.5 Å². The fourth-order valence-electron chi connectivity index (χ4n) is 3.37. The van der Waals surface area contributed by atoms with Crippen molar-refractivity contribution in [2.24, 2.45) is 0 Å². The topological polar surface area (TPSA) is 65.7 Å². The lowest BCUT2D eigenvalue weighted by atomic mass is 10.0. The Morgan fingerprint density at radius 3 is 2.81 bits per heavy atom. The van der Waals surface area contributed by atoms with E-state index in [-0.39, 0.29) is 6.61 Å². The number of aliphatic hydroxyl groups excluding tert-OH is 1. The van der Waals surface area contributed by atoms with Gasteiger partial charge in [0.1, 0.15) is 0 Å². The predicted octanol–water partition coefficient (Wildman–Crippen LogP) is 1.63. The molecule has 5 nitrogen and oxygen atoms in total. The summed E-state index contributed by atoms with van der Waals surface area (Å²) >= 11 is 0. The van der Waals surface area contributed by atoms with Crippen LogP contribution in [0.5, 0.6) is 0 Å². The highest BCUT2D eigenvalue weighted by Gasteiger charge is 2.25. The van der Waals surface area contributed by atoms with E-state index in [0.717, 1.165) is 36.0 Å². The van der Waals surface area contributed by atoms with Gasteiger partial charge in [-0.2, -0.15) is 0 Å². The lowest BCUT2D eigenvalue weighted by Gasteiger charge is -2.24. The molecule has 0 amide bonds. The smallest absolute Gasteiger partial charge is 0.337 e. The van der Waals surface area contributed by atoms with Gasteiger partial charge >= 0.3 is 5.97 Å². The number of aliphatic hydroxyl groups is 1. The minimum atomic E-state index is -0.911. The van der Waals surface area contributed by atoms with Gasteiger partial charge in [-0.15, -0.1) is 0 Å². The molecule has 1 aliphatic rings. The highest BCUT2D eigenvalue weighted by atomic mass is 16.4. The third-order valence-corrected chi connectivity index (χ3v) is 4.24. The molecule has 0 spiro atoms. The maximum absolute atomic E-state index is 11.6. The number of aromatic carboxylic acids is 1. The second-order valence-corrected chi connectivity index (χ2v) is 5.80. The molecule has 1 aliphatic heterocycles. The largest absolute Gasteiger partial charge is 0.478 e. The number of likely N-dealkylation sites (N-methyl/N-ethyl adjacent to an activating group) is 1. The zero-order valence-corrected chi connectivity index (χ0v) is 12.4. The van der Waals surface area contributed by atoms with Crippen LogP contribution in [0.3, 0.4) is 0 Å². The van der Waals surface area contributed by atoms with Crippen LogP contribution in [0.25, 0.3) is 10.9 Å². The molecule has 3 rings (SSSR count). The summed E-state index contributed by atoms with van der Waals surface area (Å²) in [5.74, 6) is -0.911. The summed E-state index contributed by atoms with van der Waals surface area (Å²) in [4.78, 5) is 13.9. The number of hydrogen-bond acceptors (Lipinski definition) is 3. The van der Waals surface area contributed by atoms with Crippen molar-refractivity contribution in [3.05, 3.63) is 34.5 Å². The summed E-state index contributed by atoms with van der Waals surface area (Å²) in [5.41, 5.74) is 4.42. The molecule has 112 valence electrons. The number of hydrogen-bond donors (Lipinski definition) is 2. The summed E-state index contributed by atoms with van der Waals surface area (Å²) in [6.07, 6.45) is 0.888. The number of carboxylic acids is 1. The average Bonchev–Trinajstić information content (AvgIpc) is 2.72. The van der Waals surface area contributed by atoms with Crippen molar-refractivity contribution in [1.29, 1.82) is 0 Å². The fraction of sp³-hybridized carbons (Fsp3) is 0.438. The minimum absolute atomic E-state index is 0.0129. The van der Waals surface area contributed by atoms with Crippen LogP contribution < -0.4 is 0 Å². The van der Waals surface area contributed by atoms with E-state index in [1.165, 1.54) is 11.3 Å². The van der Waals surface area contributed by atoms with Crippen LogP contribution >= 0.6 is 0 Å². The minimum Gasteiger partial charge on any atom is -0.478 e. The van der Waals surface area contributed by atoms with Crippen LogP contribution in [0, 0.1) is 6.92 Å². The van der Waals surface area contributed by atoms with Crippen LogP contribution in [0.4, 0.5) is 0 Å². The van der Waals surface area contributed by atoms with Gasteiger partial charge in [0.15, 0.2) is 0 Å². The molecular weight excluding hydrogens is 268 g/mol. The lowest BCUT2D eigenvalue weighted by Crippen LogP contribution is -2.27. The molecule has 0 saturated heterocycles. The van der Waals surface area contributed by atoms with Crippen LogP contribution in [0.15, 0.2) is 12.1 Å². The molecule has 0 fully saturated rings. The van der Waals surface area contributed by atoms with Gasteiger partial charge in [0.2, 0.25) is 0 Å². The van der Waals surface area contributed by atoms with Crippen LogP contribution in [0.2, 0.25) is 0 Å². The molecule has 2 aromatic rings. The zero-order chi connectivity index (χ0) is 15.1. The Kier molecular flexibility index (Phi) is 3.47. The van der Waals surface area contributed by atoms with Gasteiger partial charge in [-0.1, -0.05) is 0 Å². The molecule has 1 aromatic carbocycles. The van der Waals surface area contributed by atoms with E-state index in [0.29, 0.717) is 12.1 Å². The maximum atomic E-state index is 11.6. The van der Waals surface area contributed by atoms with Crippen LogP contribution in [0.1, 0.15) is 27.2 Å². The van der Waals surface area contributed by atoms with Crippen LogP contribution in [-0.4, -0.2) is 45.8 Å². The lowest BCUT2D eigenvalue weighted by molar-refractivity contribution is 0.0698. The van der Waals surface area contributed by atoms with Crippen molar-refractivity contribution in [3.8, 4) is 0 Å². The molecule has 0 radical (unpaired) electrons. The van der Waals surface area contributed by atoms with Crippen molar-refractivity contribution >= 4 is 16.9 Å². The third-order valence-electron chi connectivity index (χ3n) is 4.24. The van der Waals surface area contributed by atoms with E-state index in [1.54, 1.807) is 6.07 Å². The van der Waals surface area contributed by atoms with Crippen molar-refractivity contribution in [3.63, 3.8) is 0 Å². The Hall–Kier alpha value is -1.85. The molecule has 2 heterocycles. The quantitative estimate of drug-likeness (QED) is 0.901. The van der Waals surface area contributed by atoms with E-state index in [9.17, 15) is 15.0 Å². The first-order valence-corrected chi connectivity index (χ1v) is 7.20. The van der Waals surface area contributed by atoms with E-state index in [2.05, 4.69) is 18.0 Å². The van der Waals surface area contributed by atoms with Crippen LogP contribution in [-0.2, 0) is 19.5 Å². The van der Waals surface area contributed by atoms with E-state index in [4.69, 9.17) is 0 Å².